The molecule has 1 fully saturated rings. The zero-order valence-electron chi connectivity index (χ0n) is 22.2. The maximum Gasteiger partial charge on any atom is 0.522 e. The highest BCUT2D eigenvalue weighted by atomic mass is 35.5. The molecule has 1 saturated heterocycles. The number of aliphatic hydroxyl groups is 2. The van der Waals surface area contributed by atoms with Crippen molar-refractivity contribution >= 4 is 28.7 Å². The van der Waals surface area contributed by atoms with Gasteiger partial charge in [-0.15, -0.1) is 13.2 Å². The molecule has 1 atom stereocenters. The first-order valence-corrected chi connectivity index (χ1v) is 12.8. The third-order valence-electron chi connectivity index (χ3n) is 6.20. The third-order valence-corrected chi connectivity index (χ3v) is 6.53. The third kappa shape index (κ3) is 8.04. The summed E-state index contributed by atoms with van der Waals surface area (Å²) >= 11 is 6.52. The van der Waals surface area contributed by atoms with Gasteiger partial charge in [0.1, 0.15) is 30.0 Å². The Balaban J connectivity index is 2.05. The Bertz CT molecular complexity index is 1210. The van der Waals surface area contributed by atoms with Gasteiger partial charge in [0.05, 0.1) is 22.4 Å². The zero-order chi connectivity index (χ0) is 28.9. The second-order valence-corrected chi connectivity index (χ2v) is 9.75. The molecule has 9 nitrogen and oxygen atoms in total. The van der Waals surface area contributed by atoms with Gasteiger partial charge in [0.25, 0.3) is 0 Å². The van der Waals surface area contributed by atoms with Crippen LogP contribution >= 0.6 is 11.6 Å². The topological polar surface area (TPSA) is 124 Å². The molecule has 0 radical (unpaired) electrons. The largest absolute Gasteiger partial charge is 0.522 e. The fourth-order valence-electron chi connectivity index (χ4n) is 4.42. The Morgan fingerprint density at radius 2 is 1.92 bits per heavy atom. The molecule has 1 aromatic carbocycles. The molecule has 2 aromatic rings. The highest BCUT2D eigenvalue weighted by Crippen LogP contribution is 2.36. The number of rotatable bonds is 10. The number of alkyl halides is 3. The molecule has 0 unspecified atom stereocenters. The van der Waals surface area contributed by atoms with Crippen molar-refractivity contribution < 1.29 is 32.9 Å². The molecule has 214 valence electrons. The van der Waals surface area contributed by atoms with E-state index in [4.69, 9.17) is 26.7 Å². The molecule has 1 aromatic heterocycles. The summed E-state index contributed by atoms with van der Waals surface area (Å²) in [4.78, 5) is 11.2. The second kappa shape index (κ2) is 12.9. The monoisotopic (exact) mass is 571 g/mol. The van der Waals surface area contributed by atoms with E-state index in [2.05, 4.69) is 15.0 Å². The number of aliphatic hydroxyl groups excluding tert-OH is 2. The van der Waals surface area contributed by atoms with Gasteiger partial charge in [0, 0.05) is 36.5 Å². The van der Waals surface area contributed by atoms with Crippen LogP contribution in [-0.4, -0.2) is 77.8 Å². The normalized spacial score (nSPS) is 16.2. The van der Waals surface area contributed by atoms with Gasteiger partial charge in [-0.3, -0.25) is 4.74 Å². The standard InChI is InChI=1S/C26H33ClF3N5O4/c1-14-23(22(15(2)31)16(3)36)33-24(20-11-19(5-6-21(20)27)38-13-17(37)12-32-4)34-25(14)35-9-7-18(8-10-35)39-26(28,29)30/h5-6,11,17-18,31-32,36-37H,7-10,12-13H2,1-4H3/b22-16+,31-15?/t17-/m1/s1. The zero-order valence-corrected chi connectivity index (χ0v) is 22.9. The Morgan fingerprint density at radius 3 is 2.49 bits per heavy atom. The van der Waals surface area contributed by atoms with Crippen LogP contribution in [0.4, 0.5) is 19.0 Å². The Kier molecular flexibility index (Phi) is 10.2. The Labute approximate surface area is 230 Å². The van der Waals surface area contributed by atoms with E-state index in [0.29, 0.717) is 40.0 Å². The minimum absolute atomic E-state index is 0.0334. The van der Waals surface area contributed by atoms with Gasteiger partial charge < -0.3 is 30.6 Å². The van der Waals surface area contributed by atoms with Crippen LogP contribution in [0.1, 0.15) is 37.9 Å². The van der Waals surface area contributed by atoms with Gasteiger partial charge in [-0.2, -0.15) is 0 Å². The van der Waals surface area contributed by atoms with E-state index in [1.165, 1.54) is 13.8 Å². The number of anilines is 1. The molecular weight excluding hydrogens is 539 g/mol. The number of ether oxygens (including phenoxy) is 2. The van der Waals surface area contributed by atoms with Crippen LogP contribution in [-0.2, 0) is 4.74 Å². The number of benzene rings is 1. The predicted octanol–water partition coefficient (Wildman–Crippen LogP) is 4.90. The fraction of sp³-hybridized carbons (Fsp3) is 0.500. The highest BCUT2D eigenvalue weighted by molar-refractivity contribution is 6.33. The molecule has 0 bridgehead atoms. The molecule has 3 rings (SSSR count). The van der Waals surface area contributed by atoms with Crippen LogP contribution in [0.25, 0.3) is 17.0 Å². The van der Waals surface area contributed by atoms with Crippen LogP contribution in [0.15, 0.2) is 24.0 Å². The maximum atomic E-state index is 12.7. The average molecular weight is 572 g/mol. The molecule has 4 N–H and O–H groups in total. The molecule has 0 spiro atoms. The molecular formula is C26H33ClF3N5O4. The van der Waals surface area contributed by atoms with E-state index in [1.54, 1.807) is 32.2 Å². The van der Waals surface area contributed by atoms with Crippen LogP contribution in [0, 0.1) is 12.3 Å². The lowest BCUT2D eigenvalue weighted by molar-refractivity contribution is -0.344. The van der Waals surface area contributed by atoms with Gasteiger partial charge >= 0.3 is 6.36 Å². The van der Waals surface area contributed by atoms with Crippen LogP contribution in [0.2, 0.25) is 5.02 Å². The van der Waals surface area contributed by atoms with E-state index in [9.17, 15) is 23.4 Å². The summed E-state index contributed by atoms with van der Waals surface area (Å²) in [5.41, 5.74) is 1.57. The summed E-state index contributed by atoms with van der Waals surface area (Å²) in [5.74, 6) is 0.942. The van der Waals surface area contributed by atoms with E-state index in [0.717, 1.165) is 0 Å². The molecule has 2 heterocycles. The molecule has 1 aliphatic heterocycles. The number of allylic oxidation sites excluding steroid dienone is 2. The van der Waals surface area contributed by atoms with Gasteiger partial charge in [0.2, 0.25) is 0 Å². The number of piperidine rings is 1. The quantitative estimate of drug-likeness (QED) is 0.235. The summed E-state index contributed by atoms with van der Waals surface area (Å²) in [6.07, 6.45) is -6.12. The highest BCUT2D eigenvalue weighted by Gasteiger charge is 2.35. The molecule has 13 heteroatoms. The second-order valence-electron chi connectivity index (χ2n) is 9.34. The van der Waals surface area contributed by atoms with Gasteiger partial charge in [0.15, 0.2) is 5.82 Å². The molecule has 0 amide bonds. The minimum atomic E-state index is -4.70. The Morgan fingerprint density at radius 1 is 1.26 bits per heavy atom. The lowest BCUT2D eigenvalue weighted by Gasteiger charge is -2.34. The molecule has 0 aliphatic carbocycles. The number of hydrogen-bond donors (Lipinski definition) is 4. The Hall–Kier alpha value is -2.93. The van der Waals surface area contributed by atoms with Crippen molar-refractivity contribution in [1.82, 2.24) is 15.3 Å². The van der Waals surface area contributed by atoms with Gasteiger partial charge in [-0.1, -0.05) is 11.6 Å². The summed E-state index contributed by atoms with van der Waals surface area (Å²) in [6, 6.07) is 4.88. The number of halogens is 4. The number of nitrogens with zero attached hydrogens (tertiary/aromatic N) is 3. The summed E-state index contributed by atoms with van der Waals surface area (Å²) < 4.78 is 48.1. The smallest absolute Gasteiger partial charge is 0.512 e. The van der Waals surface area contributed by atoms with Crippen molar-refractivity contribution in [3.63, 3.8) is 0 Å². The van der Waals surface area contributed by atoms with Crippen molar-refractivity contribution in [2.45, 2.75) is 52.2 Å². The van der Waals surface area contributed by atoms with Crippen molar-refractivity contribution in [1.29, 1.82) is 5.41 Å². The number of aromatic nitrogens is 2. The molecule has 39 heavy (non-hydrogen) atoms. The molecule has 1 aliphatic rings. The van der Waals surface area contributed by atoms with Crippen LogP contribution in [0.5, 0.6) is 5.75 Å². The van der Waals surface area contributed by atoms with Crippen molar-refractivity contribution in [2.24, 2.45) is 0 Å². The van der Waals surface area contributed by atoms with E-state index in [-0.39, 0.29) is 55.4 Å². The van der Waals surface area contributed by atoms with E-state index < -0.39 is 18.6 Å². The fourth-order valence-corrected chi connectivity index (χ4v) is 4.63. The summed E-state index contributed by atoms with van der Waals surface area (Å²) in [6.45, 7) is 5.59. The van der Waals surface area contributed by atoms with Crippen molar-refractivity contribution in [3.8, 4) is 17.1 Å². The van der Waals surface area contributed by atoms with Gasteiger partial charge in [-0.05, 0) is 58.9 Å². The predicted molar refractivity (Wildman–Crippen MR) is 144 cm³/mol. The lowest BCUT2D eigenvalue weighted by Crippen LogP contribution is -2.40. The van der Waals surface area contributed by atoms with E-state index in [1.807, 2.05) is 4.90 Å². The minimum Gasteiger partial charge on any atom is -0.512 e. The summed E-state index contributed by atoms with van der Waals surface area (Å²) in [5, 5.41) is 31.8. The number of likely N-dealkylation sites (N-methyl/N-ethyl adjacent to an activating group) is 1. The van der Waals surface area contributed by atoms with Crippen molar-refractivity contribution in [3.05, 3.63) is 40.2 Å². The van der Waals surface area contributed by atoms with Gasteiger partial charge in [-0.25, -0.2) is 9.97 Å². The van der Waals surface area contributed by atoms with Crippen LogP contribution < -0.4 is 15.0 Å². The summed E-state index contributed by atoms with van der Waals surface area (Å²) in [7, 11) is 1.71. The van der Waals surface area contributed by atoms with E-state index >= 15 is 0 Å². The SMILES string of the molecule is CNC[C@@H](O)COc1ccc(Cl)c(-c2nc(/C(C(C)=N)=C(\C)O)c(C)c(N3CCC(OC(F)(F)F)CC3)n2)c1. The number of hydrogen-bond acceptors (Lipinski definition) is 9. The number of nitrogens with one attached hydrogen (secondary N) is 2. The maximum absolute atomic E-state index is 12.7. The first-order chi connectivity index (χ1) is 18.3. The first kappa shape index (κ1) is 30.6. The van der Waals surface area contributed by atoms with Crippen molar-refractivity contribution in [2.75, 3.05) is 38.2 Å². The van der Waals surface area contributed by atoms with Crippen LogP contribution in [0.3, 0.4) is 0 Å². The lowest BCUT2D eigenvalue weighted by atomic mass is 10.0. The first-order valence-electron chi connectivity index (χ1n) is 12.4. The molecule has 0 saturated carbocycles. The average Bonchev–Trinajstić information content (AvgIpc) is 2.84.